The fraction of sp³-hybridized carbons (Fsp3) is 0.357. The molecule has 1 aromatic carbocycles. The Bertz CT molecular complexity index is 515. The summed E-state index contributed by atoms with van der Waals surface area (Å²) in [4.78, 5) is 0. The second-order valence-corrected chi connectivity index (χ2v) is 4.84. The van der Waals surface area contributed by atoms with E-state index in [0.717, 1.165) is 23.2 Å². The molecule has 0 aliphatic rings. The molecule has 0 bridgehead atoms. The van der Waals surface area contributed by atoms with Crippen molar-refractivity contribution < 1.29 is 5.11 Å². The van der Waals surface area contributed by atoms with Crippen LogP contribution < -0.4 is 0 Å². The van der Waals surface area contributed by atoms with Crippen molar-refractivity contribution in [2.75, 3.05) is 0 Å². The number of benzene rings is 1. The van der Waals surface area contributed by atoms with E-state index in [1.807, 2.05) is 31.2 Å². The Morgan fingerprint density at radius 1 is 1.35 bits per heavy atom. The molecule has 0 atom stereocenters. The SMILES string of the molecule is Cc1cccc(-n2ncc(CC(C)C)c2O)c1. The number of hydrogen-bond acceptors (Lipinski definition) is 2. The summed E-state index contributed by atoms with van der Waals surface area (Å²) >= 11 is 0. The van der Waals surface area contributed by atoms with E-state index in [1.54, 1.807) is 10.9 Å². The van der Waals surface area contributed by atoms with Gasteiger partial charge in [-0.25, -0.2) is 4.68 Å². The van der Waals surface area contributed by atoms with Crippen LogP contribution in [0.4, 0.5) is 0 Å². The fourth-order valence-electron chi connectivity index (χ4n) is 1.91. The van der Waals surface area contributed by atoms with Gasteiger partial charge < -0.3 is 5.11 Å². The zero-order chi connectivity index (χ0) is 12.4. The Hall–Kier alpha value is -1.77. The van der Waals surface area contributed by atoms with Crippen LogP contribution in [-0.4, -0.2) is 14.9 Å². The van der Waals surface area contributed by atoms with Crippen molar-refractivity contribution in [3.63, 3.8) is 0 Å². The smallest absolute Gasteiger partial charge is 0.217 e. The predicted octanol–water partition coefficient (Wildman–Crippen LogP) is 3.08. The summed E-state index contributed by atoms with van der Waals surface area (Å²) in [5, 5.41) is 14.4. The van der Waals surface area contributed by atoms with Gasteiger partial charge in [0.15, 0.2) is 0 Å². The summed E-state index contributed by atoms with van der Waals surface area (Å²) < 4.78 is 1.59. The second-order valence-electron chi connectivity index (χ2n) is 4.84. The maximum absolute atomic E-state index is 10.1. The summed E-state index contributed by atoms with van der Waals surface area (Å²) in [6.07, 6.45) is 2.59. The van der Waals surface area contributed by atoms with Crippen LogP contribution in [0, 0.1) is 12.8 Å². The molecule has 0 aliphatic heterocycles. The Kier molecular flexibility index (Phi) is 3.18. The molecule has 3 nitrogen and oxygen atoms in total. The van der Waals surface area contributed by atoms with E-state index in [4.69, 9.17) is 0 Å². The molecule has 0 radical (unpaired) electrons. The van der Waals surface area contributed by atoms with Crippen LogP contribution >= 0.6 is 0 Å². The molecule has 0 saturated carbocycles. The first kappa shape index (κ1) is 11.7. The molecule has 1 aromatic heterocycles. The molecule has 0 unspecified atom stereocenters. The topological polar surface area (TPSA) is 38.0 Å². The van der Waals surface area contributed by atoms with Gasteiger partial charge in [-0.3, -0.25) is 0 Å². The summed E-state index contributed by atoms with van der Waals surface area (Å²) in [6.45, 7) is 6.28. The van der Waals surface area contributed by atoms with Gasteiger partial charge in [0.25, 0.3) is 0 Å². The molecule has 2 rings (SSSR count). The lowest BCUT2D eigenvalue weighted by Crippen LogP contribution is -1.97. The predicted molar refractivity (Wildman–Crippen MR) is 68.5 cm³/mol. The Balaban J connectivity index is 2.37. The van der Waals surface area contributed by atoms with E-state index in [9.17, 15) is 5.11 Å². The number of hydrogen-bond donors (Lipinski definition) is 1. The molecule has 0 amide bonds. The molecule has 90 valence electrons. The molecule has 0 fully saturated rings. The average molecular weight is 230 g/mol. The number of aromatic nitrogens is 2. The third-order valence-corrected chi connectivity index (χ3v) is 2.69. The van der Waals surface area contributed by atoms with Crippen molar-refractivity contribution in [3.8, 4) is 11.6 Å². The molecule has 0 aliphatic carbocycles. The maximum Gasteiger partial charge on any atom is 0.217 e. The first-order valence-electron chi connectivity index (χ1n) is 5.91. The normalized spacial score (nSPS) is 11.1. The van der Waals surface area contributed by atoms with E-state index in [1.165, 1.54) is 0 Å². The van der Waals surface area contributed by atoms with Gasteiger partial charge in [-0.2, -0.15) is 5.10 Å². The third-order valence-electron chi connectivity index (χ3n) is 2.69. The van der Waals surface area contributed by atoms with Gasteiger partial charge in [-0.05, 0) is 37.0 Å². The Morgan fingerprint density at radius 2 is 2.12 bits per heavy atom. The van der Waals surface area contributed by atoms with Crippen molar-refractivity contribution in [1.29, 1.82) is 0 Å². The summed E-state index contributed by atoms with van der Waals surface area (Å²) in [7, 11) is 0. The van der Waals surface area contributed by atoms with E-state index in [0.29, 0.717) is 5.92 Å². The maximum atomic E-state index is 10.1. The van der Waals surface area contributed by atoms with Gasteiger partial charge in [0.2, 0.25) is 5.88 Å². The van der Waals surface area contributed by atoms with Gasteiger partial charge >= 0.3 is 0 Å². The monoisotopic (exact) mass is 230 g/mol. The highest BCUT2D eigenvalue weighted by atomic mass is 16.3. The van der Waals surface area contributed by atoms with E-state index >= 15 is 0 Å². The quantitative estimate of drug-likeness (QED) is 0.880. The lowest BCUT2D eigenvalue weighted by Gasteiger charge is -2.06. The highest BCUT2D eigenvalue weighted by Crippen LogP contribution is 2.23. The fourth-order valence-corrected chi connectivity index (χ4v) is 1.91. The highest BCUT2D eigenvalue weighted by Gasteiger charge is 2.11. The van der Waals surface area contributed by atoms with Gasteiger partial charge in [-0.15, -0.1) is 0 Å². The van der Waals surface area contributed by atoms with Crippen LogP contribution in [0.2, 0.25) is 0 Å². The molecule has 0 saturated heterocycles. The van der Waals surface area contributed by atoms with Crippen LogP contribution in [0.25, 0.3) is 5.69 Å². The Morgan fingerprint density at radius 3 is 2.76 bits per heavy atom. The van der Waals surface area contributed by atoms with Gasteiger partial charge in [0.1, 0.15) is 0 Å². The number of aryl methyl sites for hydroxylation is 1. The van der Waals surface area contributed by atoms with Gasteiger partial charge in [0, 0.05) is 5.56 Å². The summed E-state index contributed by atoms with van der Waals surface area (Å²) in [5.41, 5.74) is 2.96. The minimum absolute atomic E-state index is 0.254. The van der Waals surface area contributed by atoms with Crippen LogP contribution in [0.3, 0.4) is 0 Å². The molecule has 0 spiro atoms. The zero-order valence-corrected chi connectivity index (χ0v) is 10.5. The molecular formula is C14H18N2O. The number of rotatable bonds is 3. The lowest BCUT2D eigenvalue weighted by atomic mass is 10.1. The molecule has 2 aromatic rings. The summed E-state index contributed by atoms with van der Waals surface area (Å²) in [6, 6.07) is 7.94. The van der Waals surface area contributed by atoms with E-state index in [2.05, 4.69) is 18.9 Å². The minimum Gasteiger partial charge on any atom is -0.493 e. The molecule has 17 heavy (non-hydrogen) atoms. The lowest BCUT2D eigenvalue weighted by molar-refractivity contribution is 0.424. The van der Waals surface area contributed by atoms with E-state index in [-0.39, 0.29) is 5.88 Å². The van der Waals surface area contributed by atoms with Gasteiger partial charge in [0.05, 0.1) is 11.9 Å². The van der Waals surface area contributed by atoms with Crippen LogP contribution in [0.1, 0.15) is 25.0 Å². The van der Waals surface area contributed by atoms with Crippen molar-refractivity contribution in [1.82, 2.24) is 9.78 Å². The van der Waals surface area contributed by atoms with Crippen LogP contribution in [0.5, 0.6) is 5.88 Å². The number of aromatic hydroxyl groups is 1. The molecule has 1 N–H and O–H groups in total. The largest absolute Gasteiger partial charge is 0.493 e. The van der Waals surface area contributed by atoms with Crippen LogP contribution in [0.15, 0.2) is 30.5 Å². The van der Waals surface area contributed by atoms with Crippen LogP contribution in [-0.2, 0) is 6.42 Å². The second kappa shape index (κ2) is 4.62. The minimum atomic E-state index is 0.254. The summed E-state index contributed by atoms with van der Waals surface area (Å²) in [5.74, 6) is 0.764. The molecular weight excluding hydrogens is 212 g/mol. The zero-order valence-electron chi connectivity index (χ0n) is 10.5. The standard InChI is InChI=1S/C14H18N2O/c1-10(2)7-12-9-15-16(14(12)17)13-6-4-5-11(3)8-13/h4-6,8-10,17H,7H2,1-3H3. The van der Waals surface area contributed by atoms with E-state index < -0.39 is 0 Å². The average Bonchev–Trinajstić information content (AvgIpc) is 2.60. The van der Waals surface area contributed by atoms with Crippen molar-refractivity contribution >= 4 is 0 Å². The molecule has 3 heteroatoms. The van der Waals surface area contributed by atoms with Crippen molar-refractivity contribution in [2.24, 2.45) is 5.92 Å². The number of nitrogens with zero attached hydrogens (tertiary/aromatic N) is 2. The first-order chi connectivity index (χ1) is 8.08. The highest BCUT2D eigenvalue weighted by molar-refractivity contribution is 5.39. The van der Waals surface area contributed by atoms with Crippen molar-refractivity contribution in [2.45, 2.75) is 27.2 Å². The Labute approximate surface area is 102 Å². The van der Waals surface area contributed by atoms with Crippen molar-refractivity contribution in [3.05, 3.63) is 41.6 Å². The first-order valence-corrected chi connectivity index (χ1v) is 5.91. The third kappa shape index (κ3) is 2.49. The van der Waals surface area contributed by atoms with Gasteiger partial charge in [-0.1, -0.05) is 26.0 Å². The molecule has 1 heterocycles.